The molecule has 1 heterocycles. The average Bonchev–Trinajstić information content (AvgIpc) is 2.34. The van der Waals surface area contributed by atoms with Crippen molar-refractivity contribution in [3.8, 4) is 0 Å². The van der Waals surface area contributed by atoms with Crippen LogP contribution in [-0.4, -0.2) is 53.8 Å². The van der Waals surface area contributed by atoms with Crippen LogP contribution in [0.15, 0.2) is 0 Å². The van der Waals surface area contributed by atoms with Gasteiger partial charge in [0.2, 0.25) is 0 Å². The normalized spacial score (nSPS) is 27.1. The van der Waals surface area contributed by atoms with Gasteiger partial charge in [0.05, 0.1) is 0 Å². The molecular weight excluding hydrogens is 232 g/mol. The number of rotatable bonds is 4. The van der Waals surface area contributed by atoms with Crippen molar-refractivity contribution in [1.82, 2.24) is 10.2 Å². The Morgan fingerprint density at radius 1 is 1.18 bits per heavy atom. The highest BCUT2D eigenvalue weighted by Crippen LogP contribution is 2.36. The predicted molar refractivity (Wildman–Crippen MR) is 73.8 cm³/mol. The summed E-state index contributed by atoms with van der Waals surface area (Å²) in [5, 5.41) is 3.39. The fraction of sp³-hybridized carbons (Fsp3) is 1.00. The molecule has 2 rings (SSSR count). The third kappa shape index (κ3) is 3.76. The molecule has 0 spiro atoms. The largest absolute Gasteiger partial charge is 0.319 e. The zero-order valence-corrected chi connectivity index (χ0v) is 11.9. The first-order chi connectivity index (χ1) is 8.24. The van der Waals surface area contributed by atoms with Gasteiger partial charge >= 0.3 is 0 Å². The fourth-order valence-corrected chi connectivity index (χ4v) is 4.50. The lowest BCUT2D eigenvalue weighted by Crippen LogP contribution is -2.48. The van der Waals surface area contributed by atoms with Crippen LogP contribution in [0.2, 0.25) is 0 Å². The molecule has 3 nitrogen and oxygen atoms in total. The number of hydrogen-bond donors (Lipinski definition) is 1. The summed E-state index contributed by atoms with van der Waals surface area (Å²) < 4.78 is 11.4. The Morgan fingerprint density at radius 3 is 2.41 bits per heavy atom. The van der Waals surface area contributed by atoms with E-state index in [4.69, 9.17) is 0 Å². The van der Waals surface area contributed by atoms with Crippen LogP contribution < -0.4 is 5.32 Å². The van der Waals surface area contributed by atoms with Gasteiger partial charge in [-0.1, -0.05) is 19.3 Å². The van der Waals surface area contributed by atoms with Gasteiger partial charge in [0.1, 0.15) is 0 Å². The molecule has 0 aromatic carbocycles. The molecule has 0 bridgehead atoms. The monoisotopic (exact) mass is 258 g/mol. The van der Waals surface area contributed by atoms with E-state index in [-0.39, 0.29) is 0 Å². The highest BCUT2D eigenvalue weighted by molar-refractivity contribution is 7.85. The minimum Gasteiger partial charge on any atom is -0.319 e. The summed E-state index contributed by atoms with van der Waals surface area (Å²) in [6, 6.07) is 0. The van der Waals surface area contributed by atoms with E-state index in [1.54, 1.807) is 0 Å². The average molecular weight is 258 g/mol. The molecule has 1 saturated heterocycles. The lowest BCUT2D eigenvalue weighted by molar-refractivity contribution is 0.110. The molecule has 1 aliphatic heterocycles. The van der Waals surface area contributed by atoms with E-state index in [1.165, 1.54) is 38.6 Å². The van der Waals surface area contributed by atoms with Gasteiger partial charge in [0.15, 0.2) is 0 Å². The summed E-state index contributed by atoms with van der Waals surface area (Å²) >= 11 is 0. The standard InChI is InChI=1S/C13H26N2OS/c1-14-11-13(5-3-2-4-6-13)12-15-7-9-17(16)10-8-15/h14H,2-12H2,1H3. The van der Waals surface area contributed by atoms with E-state index in [0.717, 1.165) is 31.1 Å². The van der Waals surface area contributed by atoms with Crippen LogP contribution >= 0.6 is 0 Å². The Kier molecular flexibility index (Phi) is 5.00. The van der Waals surface area contributed by atoms with Gasteiger partial charge in [-0.25, -0.2) is 0 Å². The second-order valence-corrected chi connectivity index (χ2v) is 7.41. The molecule has 2 fully saturated rings. The fourth-order valence-electron chi connectivity index (χ4n) is 3.38. The second-order valence-electron chi connectivity index (χ2n) is 5.72. The van der Waals surface area contributed by atoms with Crippen LogP contribution in [0, 0.1) is 5.41 Å². The Hall–Kier alpha value is 0.0700. The number of hydrogen-bond acceptors (Lipinski definition) is 3. The zero-order chi connectivity index (χ0) is 12.1. The third-order valence-corrected chi connectivity index (χ3v) is 5.57. The Bertz CT molecular complexity index is 249. The number of nitrogens with one attached hydrogen (secondary N) is 1. The van der Waals surface area contributed by atoms with Crippen molar-refractivity contribution < 1.29 is 4.21 Å². The topological polar surface area (TPSA) is 32.3 Å². The first-order valence-corrected chi connectivity index (χ1v) is 8.45. The summed E-state index contributed by atoms with van der Waals surface area (Å²) in [4.78, 5) is 2.55. The zero-order valence-electron chi connectivity index (χ0n) is 11.0. The molecule has 100 valence electrons. The van der Waals surface area contributed by atoms with Gasteiger partial charge in [-0.15, -0.1) is 0 Å². The predicted octanol–water partition coefficient (Wildman–Crippen LogP) is 1.22. The van der Waals surface area contributed by atoms with Gasteiger partial charge in [-0.3, -0.25) is 4.21 Å². The molecule has 0 atom stereocenters. The molecule has 0 aromatic heterocycles. The van der Waals surface area contributed by atoms with Gasteiger partial charge in [0, 0.05) is 48.5 Å². The minimum absolute atomic E-state index is 0.492. The molecule has 1 N–H and O–H groups in total. The molecular formula is C13H26N2OS. The molecule has 1 aliphatic carbocycles. The van der Waals surface area contributed by atoms with Crippen LogP contribution in [0.25, 0.3) is 0 Å². The van der Waals surface area contributed by atoms with Crippen molar-refractivity contribution in [3.63, 3.8) is 0 Å². The Balaban J connectivity index is 1.90. The van der Waals surface area contributed by atoms with E-state index in [1.807, 2.05) is 0 Å². The molecule has 0 aromatic rings. The maximum atomic E-state index is 11.4. The maximum Gasteiger partial charge on any atom is 0.0363 e. The van der Waals surface area contributed by atoms with E-state index in [0.29, 0.717) is 5.41 Å². The lowest BCUT2D eigenvalue weighted by atomic mass is 9.73. The smallest absolute Gasteiger partial charge is 0.0363 e. The summed E-state index contributed by atoms with van der Waals surface area (Å²) in [6.07, 6.45) is 6.93. The quantitative estimate of drug-likeness (QED) is 0.823. The summed E-state index contributed by atoms with van der Waals surface area (Å²) in [5.74, 6) is 1.77. The highest BCUT2D eigenvalue weighted by atomic mass is 32.2. The minimum atomic E-state index is -0.542. The van der Waals surface area contributed by atoms with E-state index >= 15 is 0 Å². The Labute approximate surface area is 108 Å². The van der Waals surface area contributed by atoms with Crippen LogP contribution in [0.3, 0.4) is 0 Å². The first kappa shape index (κ1) is 13.5. The molecule has 2 aliphatic rings. The maximum absolute atomic E-state index is 11.4. The van der Waals surface area contributed by atoms with Gasteiger partial charge in [-0.2, -0.15) is 0 Å². The number of nitrogens with zero attached hydrogens (tertiary/aromatic N) is 1. The summed E-state index contributed by atoms with van der Waals surface area (Å²) in [7, 11) is 1.53. The van der Waals surface area contributed by atoms with Crippen molar-refractivity contribution in [3.05, 3.63) is 0 Å². The first-order valence-electron chi connectivity index (χ1n) is 6.96. The van der Waals surface area contributed by atoms with Crippen molar-refractivity contribution in [2.75, 3.05) is 44.7 Å². The van der Waals surface area contributed by atoms with E-state index in [2.05, 4.69) is 17.3 Å². The van der Waals surface area contributed by atoms with Gasteiger partial charge in [-0.05, 0) is 25.3 Å². The van der Waals surface area contributed by atoms with E-state index in [9.17, 15) is 4.21 Å². The third-order valence-electron chi connectivity index (χ3n) is 4.30. The van der Waals surface area contributed by atoms with Crippen LogP contribution in [0.5, 0.6) is 0 Å². The highest BCUT2D eigenvalue weighted by Gasteiger charge is 2.33. The van der Waals surface area contributed by atoms with Gasteiger partial charge < -0.3 is 10.2 Å². The van der Waals surface area contributed by atoms with Gasteiger partial charge in [0.25, 0.3) is 0 Å². The molecule has 1 saturated carbocycles. The molecule has 17 heavy (non-hydrogen) atoms. The molecule has 4 heteroatoms. The molecule has 0 amide bonds. The lowest BCUT2D eigenvalue weighted by Gasteiger charge is -2.42. The van der Waals surface area contributed by atoms with Crippen LogP contribution in [0.4, 0.5) is 0 Å². The second kappa shape index (κ2) is 6.30. The van der Waals surface area contributed by atoms with E-state index < -0.39 is 10.8 Å². The Morgan fingerprint density at radius 2 is 1.82 bits per heavy atom. The van der Waals surface area contributed by atoms with Crippen molar-refractivity contribution in [2.45, 2.75) is 32.1 Å². The van der Waals surface area contributed by atoms with Crippen molar-refractivity contribution >= 4 is 10.8 Å². The SMILES string of the molecule is CNCC1(CN2CCS(=O)CC2)CCCCC1. The van der Waals surface area contributed by atoms with Crippen molar-refractivity contribution in [1.29, 1.82) is 0 Å². The molecule has 0 radical (unpaired) electrons. The molecule has 0 unspecified atom stereocenters. The summed E-state index contributed by atoms with van der Waals surface area (Å²) in [5.41, 5.74) is 0.492. The van der Waals surface area contributed by atoms with Crippen molar-refractivity contribution in [2.24, 2.45) is 5.41 Å². The van der Waals surface area contributed by atoms with Crippen LogP contribution in [-0.2, 0) is 10.8 Å². The van der Waals surface area contributed by atoms with Crippen LogP contribution in [0.1, 0.15) is 32.1 Å². The summed E-state index contributed by atoms with van der Waals surface area (Å²) in [6.45, 7) is 4.44.